The number of nitrogens with zero attached hydrogens (tertiary/aromatic N) is 8. The van der Waals surface area contributed by atoms with E-state index >= 15 is 0 Å². The summed E-state index contributed by atoms with van der Waals surface area (Å²) < 4.78 is 7.24. The van der Waals surface area contributed by atoms with Crippen LogP contribution in [0.5, 0.6) is 0 Å². The zero-order valence-corrected chi connectivity index (χ0v) is 16.8. The summed E-state index contributed by atoms with van der Waals surface area (Å²) in [5.74, 6) is 1.23. The fraction of sp³-hybridized carbons (Fsp3) is 0.263. The first kappa shape index (κ1) is 17.7. The van der Waals surface area contributed by atoms with Crippen LogP contribution in [0.15, 0.2) is 41.1 Å². The number of aromatic nitrogens is 8. The molecular formula is C19H18N8OS. The van der Waals surface area contributed by atoms with Crippen LogP contribution in [-0.2, 0) is 6.42 Å². The largest absolute Gasteiger partial charge is 0.360 e. The molecule has 0 fully saturated rings. The summed E-state index contributed by atoms with van der Waals surface area (Å²) in [6.07, 6.45) is 4.82. The minimum atomic E-state index is 0.571. The van der Waals surface area contributed by atoms with Crippen LogP contribution in [0.3, 0.4) is 0 Å². The number of hydrogen-bond donors (Lipinski definition) is 0. The third-order valence-electron chi connectivity index (χ3n) is 4.58. The highest BCUT2D eigenvalue weighted by atomic mass is 32.1. The summed E-state index contributed by atoms with van der Waals surface area (Å²) >= 11 is 1.56. The molecule has 0 N–H and O–H groups in total. The Morgan fingerprint density at radius 3 is 2.79 bits per heavy atom. The molecule has 0 saturated heterocycles. The van der Waals surface area contributed by atoms with Crippen molar-refractivity contribution in [2.24, 2.45) is 0 Å². The van der Waals surface area contributed by atoms with Crippen LogP contribution in [0.2, 0.25) is 0 Å². The minimum absolute atomic E-state index is 0.571. The Labute approximate surface area is 170 Å². The summed E-state index contributed by atoms with van der Waals surface area (Å²) in [6, 6.07) is 9.71. The van der Waals surface area contributed by atoms with E-state index in [9.17, 15) is 0 Å². The van der Waals surface area contributed by atoms with Gasteiger partial charge >= 0.3 is 0 Å². The van der Waals surface area contributed by atoms with Crippen molar-refractivity contribution < 1.29 is 4.52 Å². The number of aryl methyl sites for hydroxylation is 2. The molecule has 9 nitrogen and oxygen atoms in total. The standard InChI is InChI=1S/C19H18N8OS/c1-3-4-10-15-24-26-18(21-22-19(26)29-15)16-12(2)28-25-17(16)14-11-20-27(23-14)13-8-6-5-7-9-13/h5-9,11H,3-4,10H2,1-2H3. The Balaban J connectivity index is 1.57. The van der Waals surface area contributed by atoms with E-state index in [4.69, 9.17) is 9.62 Å². The summed E-state index contributed by atoms with van der Waals surface area (Å²) in [7, 11) is 0. The zero-order valence-electron chi connectivity index (χ0n) is 16.0. The molecule has 0 aliphatic heterocycles. The molecule has 146 valence electrons. The van der Waals surface area contributed by atoms with Gasteiger partial charge in [-0.2, -0.15) is 19.5 Å². The van der Waals surface area contributed by atoms with Gasteiger partial charge in [0.1, 0.15) is 22.2 Å². The number of benzene rings is 1. The van der Waals surface area contributed by atoms with Gasteiger partial charge in [0.2, 0.25) is 4.96 Å². The fourth-order valence-corrected chi connectivity index (χ4v) is 3.98. The predicted molar refractivity (Wildman–Crippen MR) is 108 cm³/mol. The second-order valence-corrected chi connectivity index (χ2v) is 7.68. The SMILES string of the molecule is CCCCc1nn2c(-c3c(-c4cnn(-c5ccccc5)n4)noc3C)nnc2s1. The van der Waals surface area contributed by atoms with Gasteiger partial charge in [-0.1, -0.05) is 48.0 Å². The zero-order chi connectivity index (χ0) is 19.8. The van der Waals surface area contributed by atoms with Crippen molar-refractivity contribution in [3.05, 3.63) is 47.3 Å². The van der Waals surface area contributed by atoms with E-state index in [2.05, 4.69) is 32.5 Å². The van der Waals surface area contributed by atoms with E-state index in [0.29, 0.717) is 23.0 Å². The molecule has 0 aliphatic rings. The third-order valence-corrected chi connectivity index (χ3v) is 5.54. The van der Waals surface area contributed by atoms with Crippen molar-refractivity contribution >= 4 is 16.3 Å². The monoisotopic (exact) mass is 406 g/mol. The molecule has 5 aromatic rings. The molecule has 0 amide bonds. The van der Waals surface area contributed by atoms with Gasteiger partial charge in [0.25, 0.3) is 0 Å². The lowest BCUT2D eigenvalue weighted by atomic mass is 10.1. The maximum Gasteiger partial charge on any atom is 0.234 e. The Morgan fingerprint density at radius 2 is 1.97 bits per heavy atom. The first-order valence-corrected chi connectivity index (χ1v) is 10.2. The fourth-order valence-electron chi connectivity index (χ4n) is 3.11. The summed E-state index contributed by atoms with van der Waals surface area (Å²) in [5.41, 5.74) is 2.76. The Morgan fingerprint density at radius 1 is 1.10 bits per heavy atom. The lowest BCUT2D eigenvalue weighted by Gasteiger charge is -1.98. The molecule has 1 aromatic carbocycles. The lowest BCUT2D eigenvalue weighted by molar-refractivity contribution is 0.400. The van der Waals surface area contributed by atoms with Crippen molar-refractivity contribution in [3.63, 3.8) is 0 Å². The smallest absolute Gasteiger partial charge is 0.234 e. The highest BCUT2D eigenvalue weighted by molar-refractivity contribution is 7.16. The highest BCUT2D eigenvalue weighted by Crippen LogP contribution is 2.33. The van der Waals surface area contributed by atoms with Gasteiger partial charge < -0.3 is 4.52 Å². The van der Waals surface area contributed by atoms with Gasteiger partial charge in [-0.15, -0.1) is 15.3 Å². The van der Waals surface area contributed by atoms with Crippen LogP contribution in [0.25, 0.3) is 33.4 Å². The summed E-state index contributed by atoms with van der Waals surface area (Å²) in [4.78, 5) is 2.32. The maximum atomic E-state index is 5.48. The number of fused-ring (bicyclic) bond motifs is 1. The normalized spacial score (nSPS) is 11.5. The maximum absolute atomic E-state index is 5.48. The van der Waals surface area contributed by atoms with E-state index < -0.39 is 0 Å². The van der Waals surface area contributed by atoms with Crippen molar-refractivity contribution in [1.29, 1.82) is 0 Å². The molecule has 4 heterocycles. The highest BCUT2D eigenvalue weighted by Gasteiger charge is 2.25. The first-order valence-electron chi connectivity index (χ1n) is 9.40. The molecule has 29 heavy (non-hydrogen) atoms. The van der Waals surface area contributed by atoms with Crippen molar-refractivity contribution in [3.8, 4) is 28.5 Å². The van der Waals surface area contributed by atoms with Crippen LogP contribution in [0.4, 0.5) is 0 Å². The van der Waals surface area contributed by atoms with Crippen LogP contribution < -0.4 is 0 Å². The Bertz CT molecular complexity index is 1270. The van der Waals surface area contributed by atoms with Gasteiger partial charge in [0, 0.05) is 6.42 Å². The second-order valence-electron chi connectivity index (χ2n) is 6.63. The number of hydrogen-bond acceptors (Lipinski definition) is 8. The molecule has 0 unspecified atom stereocenters. The van der Waals surface area contributed by atoms with E-state index in [-0.39, 0.29) is 0 Å². The first-order chi connectivity index (χ1) is 14.2. The molecule has 0 aliphatic carbocycles. The molecule has 0 radical (unpaired) electrons. The van der Waals surface area contributed by atoms with Crippen molar-refractivity contribution in [2.45, 2.75) is 33.1 Å². The van der Waals surface area contributed by atoms with Crippen LogP contribution in [0, 0.1) is 6.92 Å². The quantitative estimate of drug-likeness (QED) is 0.423. The molecule has 10 heteroatoms. The summed E-state index contributed by atoms with van der Waals surface area (Å²) in [5, 5.41) is 27.5. The molecule has 0 spiro atoms. The average Bonchev–Trinajstić information content (AvgIpc) is 3.50. The van der Waals surface area contributed by atoms with E-state index in [1.165, 1.54) is 0 Å². The molecular weight excluding hydrogens is 388 g/mol. The second kappa shape index (κ2) is 7.21. The van der Waals surface area contributed by atoms with Crippen LogP contribution in [0.1, 0.15) is 30.5 Å². The Kier molecular flexibility index (Phi) is 4.39. The topological polar surface area (TPSA) is 99.8 Å². The van der Waals surface area contributed by atoms with Gasteiger partial charge in [0.05, 0.1) is 17.4 Å². The molecule has 0 bridgehead atoms. The van der Waals surface area contributed by atoms with Crippen LogP contribution >= 0.6 is 11.3 Å². The van der Waals surface area contributed by atoms with Gasteiger partial charge in [-0.3, -0.25) is 0 Å². The van der Waals surface area contributed by atoms with Crippen LogP contribution in [-0.4, -0.2) is 40.0 Å². The summed E-state index contributed by atoms with van der Waals surface area (Å²) in [6.45, 7) is 4.01. The third kappa shape index (κ3) is 3.11. The molecule has 5 rings (SSSR count). The number of unbranched alkanes of at least 4 members (excludes halogenated alkanes) is 1. The molecule has 0 saturated carbocycles. The van der Waals surface area contributed by atoms with E-state index in [0.717, 1.165) is 40.5 Å². The van der Waals surface area contributed by atoms with Crippen molar-refractivity contribution in [1.82, 2.24) is 40.0 Å². The Hall–Kier alpha value is -3.40. The van der Waals surface area contributed by atoms with Gasteiger partial charge in [-0.05, 0) is 25.5 Å². The molecule has 0 atom stereocenters. The average molecular weight is 406 g/mol. The van der Waals surface area contributed by atoms with Gasteiger partial charge in [-0.25, -0.2) is 0 Å². The number of rotatable bonds is 6. The lowest BCUT2D eigenvalue weighted by Crippen LogP contribution is -1.98. The van der Waals surface area contributed by atoms with E-state index in [1.807, 2.05) is 37.3 Å². The molecule has 4 aromatic heterocycles. The van der Waals surface area contributed by atoms with E-state index in [1.54, 1.807) is 26.8 Å². The predicted octanol–water partition coefficient (Wildman–Crippen LogP) is 3.74. The van der Waals surface area contributed by atoms with Crippen molar-refractivity contribution in [2.75, 3.05) is 0 Å². The van der Waals surface area contributed by atoms with Gasteiger partial charge in [0.15, 0.2) is 5.82 Å². The number of para-hydroxylation sites is 1. The minimum Gasteiger partial charge on any atom is -0.360 e.